The lowest BCUT2D eigenvalue weighted by Crippen LogP contribution is -2.20. The first-order valence-electron chi connectivity index (χ1n) is 3.62. The Labute approximate surface area is 61.7 Å². The first-order valence-corrected chi connectivity index (χ1v) is 4.07. The van der Waals surface area contributed by atoms with Crippen molar-refractivity contribution in [2.24, 2.45) is 11.8 Å². The Morgan fingerprint density at radius 2 is 2.44 bits per heavy atom. The predicted octanol–water partition coefficient (Wildman–Crippen LogP) is 2.27. The van der Waals surface area contributed by atoms with Gasteiger partial charge in [-0.1, -0.05) is 19.1 Å². The van der Waals surface area contributed by atoms with Crippen LogP contribution in [0.1, 0.15) is 19.8 Å². The summed E-state index contributed by atoms with van der Waals surface area (Å²) in [6, 6.07) is 0. The lowest BCUT2D eigenvalue weighted by atomic mass is 9.95. The van der Waals surface area contributed by atoms with Crippen LogP contribution >= 0.6 is 12.6 Å². The predicted molar refractivity (Wildman–Crippen MR) is 42.7 cm³/mol. The van der Waals surface area contributed by atoms with Crippen molar-refractivity contribution in [1.29, 1.82) is 0 Å². The Morgan fingerprint density at radius 3 is 2.67 bits per heavy atom. The highest BCUT2D eigenvalue weighted by Crippen LogP contribution is 2.50. The first-order chi connectivity index (χ1) is 4.21. The second-order valence-electron chi connectivity index (χ2n) is 3.45. The molecule has 0 amide bonds. The van der Waals surface area contributed by atoms with E-state index in [1.807, 2.05) is 0 Å². The number of thiol groups is 1. The zero-order valence-electron chi connectivity index (χ0n) is 5.67. The van der Waals surface area contributed by atoms with Crippen LogP contribution < -0.4 is 0 Å². The molecule has 2 rings (SSSR count). The molecule has 3 unspecified atom stereocenters. The lowest BCUT2D eigenvalue weighted by Gasteiger charge is -2.22. The van der Waals surface area contributed by atoms with Crippen molar-refractivity contribution < 1.29 is 0 Å². The molecule has 0 heterocycles. The molecule has 0 nitrogen and oxygen atoms in total. The fourth-order valence-corrected chi connectivity index (χ4v) is 2.47. The molecule has 0 aromatic carbocycles. The van der Waals surface area contributed by atoms with Crippen molar-refractivity contribution >= 4 is 12.6 Å². The number of hydrogen-bond donors (Lipinski definition) is 1. The van der Waals surface area contributed by atoms with Gasteiger partial charge in [-0.05, 0) is 24.7 Å². The van der Waals surface area contributed by atoms with E-state index in [0.717, 1.165) is 11.8 Å². The standard InChI is InChI=1S/C8H12S/c1-6-4-7-2-3-8(6,9)5-7/h2-3,6-7,9H,4-5H2,1H3. The molecule has 0 aliphatic heterocycles. The van der Waals surface area contributed by atoms with E-state index in [-0.39, 0.29) is 4.75 Å². The maximum absolute atomic E-state index is 4.63. The molecule has 2 bridgehead atoms. The van der Waals surface area contributed by atoms with Crippen molar-refractivity contribution in [3.8, 4) is 0 Å². The van der Waals surface area contributed by atoms with Crippen molar-refractivity contribution in [3.63, 3.8) is 0 Å². The van der Waals surface area contributed by atoms with Crippen LogP contribution in [0.5, 0.6) is 0 Å². The molecule has 2 aliphatic carbocycles. The third kappa shape index (κ3) is 0.675. The molecule has 0 N–H and O–H groups in total. The Kier molecular flexibility index (Phi) is 1.02. The van der Waals surface area contributed by atoms with Crippen LogP contribution in [0.15, 0.2) is 12.2 Å². The molecule has 2 aliphatic rings. The zero-order chi connectivity index (χ0) is 6.48. The summed E-state index contributed by atoms with van der Waals surface area (Å²) >= 11 is 4.63. The van der Waals surface area contributed by atoms with Crippen LogP contribution in [0.3, 0.4) is 0 Å². The highest BCUT2D eigenvalue weighted by atomic mass is 32.1. The summed E-state index contributed by atoms with van der Waals surface area (Å²) in [7, 11) is 0. The topological polar surface area (TPSA) is 0 Å². The molecule has 1 saturated carbocycles. The van der Waals surface area contributed by atoms with Crippen molar-refractivity contribution in [3.05, 3.63) is 12.2 Å². The maximum Gasteiger partial charge on any atom is 0.0340 e. The monoisotopic (exact) mass is 140 g/mol. The maximum atomic E-state index is 4.63. The zero-order valence-corrected chi connectivity index (χ0v) is 6.57. The third-order valence-electron chi connectivity index (χ3n) is 2.76. The minimum absolute atomic E-state index is 0.282. The van der Waals surface area contributed by atoms with E-state index in [1.165, 1.54) is 12.8 Å². The van der Waals surface area contributed by atoms with E-state index in [1.54, 1.807) is 0 Å². The molecular formula is C8H12S. The Balaban J connectivity index is 2.33. The summed E-state index contributed by atoms with van der Waals surface area (Å²) in [6.45, 7) is 2.30. The molecule has 50 valence electrons. The summed E-state index contributed by atoms with van der Waals surface area (Å²) in [5.74, 6) is 1.66. The van der Waals surface area contributed by atoms with Gasteiger partial charge >= 0.3 is 0 Å². The van der Waals surface area contributed by atoms with Crippen LogP contribution in [-0.4, -0.2) is 4.75 Å². The average molecular weight is 140 g/mol. The summed E-state index contributed by atoms with van der Waals surface area (Å²) in [5.41, 5.74) is 0. The van der Waals surface area contributed by atoms with Crippen molar-refractivity contribution in [1.82, 2.24) is 0 Å². The van der Waals surface area contributed by atoms with Gasteiger partial charge in [0.05, 0.1) is 0 Å². The number of allylic oxidation sites excluding steroid dienone is 1. The quantitative estimate of drug-likeness (QED) is 0.387. The molecule has 1 heteroatoms. The van der Waals surface area contributed by atoms with Gasteiger partial charge in [-0.25, -0.2) is 0 Å². The van der Waals surface area contributed by atoms with Crippen LogP contribution in [0.2, 0.25) is 0 Å². The van der Waals surface area contributed by atoms with Gasteiger partial charge in [0.15, 0.2) is 0 Å². The minimum atomic E-state index is 0.282. The van der Waals surface area contributed by atoms with Gasteiger partial charge in [0.25, 0.3) is 0 Å². The fraction of sp³-hybridized carbons (Fsp3) is 0.750. The molecular weight excluding hydrogens is 128 g/mol. The summed E-state index contributed by atoms with van der Waals surface area (Å²) < 4.78 is 0.282. The Hall–Kier alpha value is 0.0900. The van der Waals surface area contributed by atoms with Gasteiger partial charge in [0.2, 0.25) is 0 Å². The SMILES string of the molecule is CC1CC2C=CC1(S)C2. The van der Waals surface area contributed by atoms with Crippen LogP contribution in [-0.2, 0) is 0 Å². The average Bonchev–Trinajstić information content (AvgIpc) is 2.22. The first kappa shape index (κ1) is 5.84. The second-order valence-corrected chi connectivity index (χ2v) is 4.28. The van der Waals surface area contributed by atoms with E-state index < -0.39 is 0 Å². The van der Waals surface area contributed by atoms with Crippen molar-refractivity contribution in [2.75, 3.05) is 0 Å². The van der Waals surface area contributed by atoms with E-state index in [2.05, 4.69) is 31.7 Å². The Morgan fingerprint density at radius 1 is 1.67 bits per heavy atom. The normalized spacial score (nSPS) is 54.9. The minimum Gasteiger partial charge on any atom is -0.168 e. The second kappa shape index (κ2) is 1.57. The van der Waals surface area contributed by atoms with Crippen LogP contribution in [0.25, 0.3) is 0 Å². The van der Waals surface area contributed by atoms with Gasteiger partial charge in [-0.15, -0.1) is 0 Å². The summed E-state index contributed by atoms with van der Waals surface area (Å²) in [6.07, 6.45) is 7.26. The van der Waals surface area contributed by atoms with Gasteiger partial charge in [-0.3, -0.25) is 0 Å². The molecule has 1 fully saturated rings. The third-order valence-corrected chi connectivity index (χ3v) is 3.53. The van der Waals surface area contributed by atoms with Gasteiger partial charge in [-0.2, -0.15) is 12.6 Å². The van der Waals surface area contributed by atoms with E-state index in [4.69, 9.17) is 0 Å². The van der Waals surface area contributed by atoms with Crippen LogP contribution in [0.4, 0.5) is 0 Å². The highest BCUT2D eigenvalue weighted by molar-refractivity contribution is 7.82. The largest absolute Gasteiger partial charge is 0.168 e. The molecule has 3 atom stereocenters. The Bertz CT molecular complexity index is 162. The molecule has 0 aromatic heterocycles. The smallest absolute Gasteiger partial charge is 0.0340 e. The summed E-state index contributed by atoms with van der Waals surface area (Å²) in [4.78, 5) is 0. The van der Waals surface area contributed by atoms with E-state index in [9.17, 15) is 0 Å². The molecule has 0 aromatic rings. The molecule has 0 saturated heterocycles. The highest BCUT2D eigenvalue weighted by Gasteiger charge is 2.43. The van der Waals surface area contributed by atoms with E-state index >= 15 is 0 Å². The lowest BCUT2D eigenvalue weighted by molar-refractivity contribution is 0.528. The summed E-state index contributed by atoms with van der Waals surface area (Å²) in [5, 5.41) is 0. The van der Waals surface area contributed by atoms with Gasteiger partial charge in [0, 0.05) is 4.75 Å². The fourth-order valence-electron chi connectivity index (χ4n) is 2.04. The van der Waals surface area contributed by atoms with Crippen LogP contribution in [0, 0.1) is 11.8 Å². The number of rotatable bonds is 0. The molecule has 0 spiro atoms. The van der Waals surface area contributed by atoms with E-state index in [0.29, 0.717) is 0 Å². The molecule has 0 radical (unpaired) electrons. The number of hydrogen-bond acceptors (Lipinski definition) is 1. The van der Waals surface area contributed by atoms with Crippen molar-refractivity contribution in [2.45, 2.75) is 24.5 Å². The van der Waals surface area contributed by atoms with Gasteiger partial charge < -0.3 is 0 Å². The van der Waals surface area contributed by atoms with Gasteiger partial charge in [0.1, 0.15) is 0 Å². The molecule has 9 heavy (non-hydrogen) atoms. The number of fused-ring (bicyclic) bond motifs is 2.